The molecule has 2 aliphatic rings. The van der Waals surface area contributed by atoms with Crippen LogP contribution in [0.25, 0.3) is 60.6 Å². The van der Waals surface area contributed by atoms with Gasteiger partial charge in [0.25, 0.3) is 0 Å². The molecule has 0 spiro atoms. The first-order valence-corrected chi connectivity index (χ1v) is 18.3. The lowest BCUT2D eigenvalue weighted by atomic mass is 9.91. The average Bonchev–Trinajstić information content (AvgIpc) is 3.73. The van der Waals surface area contributed by atoms with Crippen LogP contribution in [0.15, 0.2) is 175 Å². The fourth-order valence-corrected chi connectivity index (χ4v) is 8.47. The number of nitrogens with zero attached hydrogens (tertiary/aromatic N) is 3. The summed E-state index contributed by atoms with van der Waals surface area (Å²) in [5.41, 5.74) is 8.53. The molecule has 6 aromatic carbocycles. The Morgan fingerprint density at radius 3 is 1.67 bits per heavy atom. The van der Waals surface area contributed by atoms with Crippen molar-refractivity contribution in [3.63, 3.8) is 0 Å². The van der Waals surface area contributed by atoms with E-state index in [-0.39, 0.29) is 11.3 Å². The quantitative estimate of drug-likeness (QED) is 0.107. The third-order valence-electron chi connectivity index (χ3n) is 10.9. The fraction of sp³-hybridized carbons (Fsp3) is 0.0417. The molecule has 8 aromatic rings. The second-order valence-electron chi connectivity index (χ2n) is 14.0. The van der Waals surface area contributed by atoms with E-state index >= 15 is 0 Å². The maximum Gasteiger partial charge on any atom is 0.203 e. The Kier molecular flexibility index (Phi) is 7.25. The number of aromatic hydroxyl groups is 4. The van der Waals surface area contributed by atoms with Gasteiger partial charge in [0.15, 0.2) is 17.2 Å². The van der Waals surface area contributed by atoms with E-state index in [1.165, 1.54) is 10.8 Å². The monoisotopic (exact) mass is 717 g/mol. The molecule has 7 heteroatoms. The Morgan fingerprint density at radius 2 is 1.07 bits per heavy atom. The SMILES string of the molecule is C=C1/C=C(c2c(O)c(O)c(O)c(-n3c4ccccc4c4ccccc43)c2O)\C=C/N(c2cccc(-n3c4ccccc4c4ccccc43)c2)C2=C1C=CCC2. The van der Waals surface area contributed by atoms with Crippen molar-refractivity contribution in [1.29, 1.82) is 0 Å². The standard InChI is InChI=1S/C48H35N3O4/c1-29-27-30(43-45(52)44(47(54)48(55)46(43)53)51-41-23-10-5-18-36(41)37-19-6-11-24-42(37)51)25-26-49(38-20-7-2-15-33(29)38)31-13-12-14-32(28-31)50-39-21-8-3-16-34(39)35-17-4-9-22-40(35)50/h2-6,8-19,21-28,52-55H,1,7,20H2/b26-25-,30-27+. The summed E-state index contributed by atoms with van der Waals surface area (Å²) in [4.78, 5) is 2.14. The number of phenolic OH excluding ortho intramolecular Hbond substituents is 4. The zero-order valence-corrected chi connectivity index (χ0v) is 29.7. The Bertz CT molecular complexity index is 2960. The highest BCUT2D eigenvalue weighted by Gasteiger charge is 2.29. The fourth-order valence-electron chi connectivity index (χ4n) is 8.47. The predicted molar refractivity (Wildman–Crippen MR) is 222 cm³/mol. The van der Waals surface area contributed by atoms with Crippen molar-refractivity contribution in [1.82, 2.24) is 9.13 Å². The first kappa shape index (κ1) is 32.3. The van der Waals surface area contributed by atoms with Crippen molar-refractivity contribution in [2.75, 3.05) is 4.90 Å². The lowest BCUT2D eigenvalue weighted by Gasteiger charge is -2.30. The number of rotatable bonds is 4. The molecule has 1 aliphatic heterocycles. The highest BCUT2D eigenvalue weighted by molar-refractivity contribution is 6.11. The number of phenols is 4. The van der Waals surface area contributed by atoms with Gasteiger partial charge < -0.3 is 34.5 Å². The van der Waals surface area contributed by atoms with E-state index < -0.39 is 23.0 Å². The van der Waals surface area contributed by atoms with Crippen LogP contribution in [0.1, 0.15) is 18.4 Å². The molecule has 10 rings (SSSR count). The maximum atomic E-state index is 12.2. The van der Waals surface area contributed by atoms with E-state index in [1.54, 1.807) is 16.7 Å². The van der Waals surface area contributed by atoms with Crippen LogP contribution in [-0.4, -0.2) is 29.6 Å². The van der Waals surface area contributed by atoms with Gasteiger partial charge >= 0.3 is 0 Å². The van der Waals surface area contributed by atoms with Gasteiger partial charge in [-0.1, -0.05) is 97.6 Å². The molecule has 4 N–H and O–H groups in total. The number of para-hydroxylation sites is 4. The summed E-state index contributed by atoms with van der Waals surface area (Å²) in [6.07, 6.45) is 11.4. The van der Waals surface area contributed by atoms with Gasteiger partial charge in [-0.2, -0.15) is 0 Å². The average molecular weight is 718 g/mol. The van der Waals surface area contributed by atoms with Crippen LogP contribution in [0.2, 0.25) is 0 Å². The van der Waals surface area contributed by atoms with Crippen molar-refractivity contribution < 1.29 is 20.4 Å². The third kappa shape index (κ3) is 4.83. The molecule has 0 radical (unpaired) electrons. The molecule has 55 heavy (non-hydrogen) atoms. The number of hydrogen-bond acceptors (Lipinski definition) is 5. The van der Waals surface area contributed by atoms with Gasteiger partial charge in [0.2, 0.25) is 5.75 Å². The van der Waals surface area contributed by atoms with Crippen LogP contribution in [-0.2, 0) is 0 Å². The van der Waals surface area contributed by atoms with Crippen LogP contribution < -0.4 is 4.90 Å². The van der Waals surface area contributed by atoms with E-state index in [2.05, 4.69) is 101 Å². The molecule has 0 unspecified atom stereocenters. The first-order chi connectivity index (χ1) is 26.9. The van der Waals surface area contributed by atoms with E-state index in [0.29, 0.717) is 22.2 Å². The maximum absolute atomic E-state index is 12.2. The number of hydrogen-bond donors (Lipinski definition) is 4. The topological polar surface area (TPSA) is 94.0 Å². The minimum absolute atomic E-state index is 0.0348. The van der Waals surface area contributed by atoms with E-state index in [1.807, 2.05) is 54.7 Å². The van der Waals surface area contributed by atoms with E-state index in [4.69, 9.17) is 0 Å². The van der Waals surface area contributed by atoms with Crippen molar-refractivity contribution in [3.8, 4) is 34.4 Å². The molecule has 1 aliphatic carbocycles. The highest BCUT2D eigenvalue weighted by atomic mass is 16.3. The summed E-state index contributed by atoms with van der Waals surface area (Å²) in [6.45, 7) is 4.45. The third-order valence-corrected chi connectivity index (χ3v) is 10.9. The van der Waals surface area contributed by atoms with Gasteiger partial charge in [0.1, 0.15) is 5.69 Å². The predicted octanol–water partition coefficient (Wildman–Crippen LogP) is 11.3. The van der Waals surface area contributed by atoms with Gasteiger partial charge in [-0.15, -0.1) is 0 Å². The summed E-state index contributed by atoms with van der Waals surface area (Å²) in [5.74, 6) is -2.41. The van der Waals surface area contributed by atoms with E-state index in [0.717, 1.165) is 57.3 Å². The summed E-state index contributed by atoms with van der Waals surface area (Å²) in [5, 5.41) is 50.6. The van der Waals surface area contributed by atoms with Gasteiger partial charge in [-0.25, -0.2) is 0 Å². The molecule has 0 bridgehead atoms. The van der Waals surface area contributed by atoms with Crippen LogP contribution in [0.4, 0.5) is 5.69 Å². The van der Waals surface area contributed by atoms with Crippen LogP contribution in [0, 0.1) is 0 Å². The number of aromatic nitrogens is 2. The second kappa shape index (κ2) is 12.4. The summed E-state index contributed by atoms with van der Waals surface area (Å²) >= 11 is 0. The molecule has 3 heterocycles. The van der Waals surface area contributed by atoms with Crippen LogP contribution in [0.5, 0.6) is 23.0 Å². The molecule has 266 valence electrons. The van der Waals surface area contributed by atoms with Crippen molar-refractivity contribution in [2.24, 2.45) is 0 Å². The van der Waals surface area contributed by atoms with Gasteiger partial charge in [0, 0.05) is 50.4 Å². The molecule has 0 atom stereocenters. The van der Waals surface area contributed by atoms with E-state index in [9.17, 15) is 20.4 Å². The summed E-state index contributed by atoms with van der Waals surface area (Å²) in [6, 6.07) is 40.6. The number of benzene rings is 6. The Labute approximate surface area is 316 Å². The molecule has 2 aromatic heterocycles. The molecular formula is C48H35N3O4. The largest absolute Gasteiger partial charge is 0.505 e. The minimum Gasteiger partial charge on any atom is -0.505 e. The van der Waals surface area contributed by atoms with Crippen LogP contribution in [0.3, 0.4) is 0 Å². The molecule has 0 amide bonds. The van der Waals surface area contributed by atoms with Gasteiger partial charge in [-0.05, 0) is 78.6 Å². The normalized spacial score (nSPS) is 16.1. The molecule has 0 saturated carbocycles. The molecular weight excluding hydrogens is 683 g/mol. The second-order valence-corrected chi connectivity index (χ2v) is 14.0. The number of anilines is 1. The highest BCUT2D eigenvalue weighted by Crippen LogP contribution is 2.53. The Balaban J connectivity index is 1.16. The number of fused-ring (bicyclic) bond motifs is 6. The first-order valence-electron chi connectivity index (χ1n) is 18.3. The number of allylic oxidation sites excluding steroid dienone is 8. The Hall–Kier alpha value is -7.38. The smallest absolute Gasteiger partial charge is 0.203 e. The summed E-state index contributed by atoms with van der Waals surface area (Å²) in [7, 11) is 0. The van der Waals surface area contributed by atoms with Crippen molar-refractivity contribution in [2.45, 2.75) is 12.8 Å². The lowest BCUT2D eigenvalue weighted by Crippen LogP contribution is -2.20. The van der Waals surface area contributed by atoms with Crippen LogP contribution >= 0.6 is 0 Å². The summed E-state index contributed by atoms with van der Waals surface area (Å²) < 4.78 is 4.00. The van der Waals surface area contributed by atoms with Crippen molar-refractivity contribution in [3.05, 3.63) is 181 Å². The molecule has 0 saturated heterocycles. The van der Waals surface area contributed by atoms with Crippen molar-refractivity contribution >= 4 is 54.9 Å². The van der Waals surface area contributed by atoms with Gasteiger partial charge in [0.05, 0.1) is 27.6 Å². The zero-order chi connectivity index (χ0) is 37.4. The van der Waals surface area contributed by atoms with Gasteiger partial charge in [-0.3, -0.25) is 0 Å². The minimum atomic E-state index is -0.736. The lowest BCUT2D eigenvalue weighted by molar-refractivity contribution is 0.359. The Morgan fingerprint density at radius 1 is 0.527 bits per heavy atom. The molecule has 7 nitrogen and oxygen atoms in total. The molecule has 0 fully saturated rings. The zero-order valence-electron chi connectivity index (χ0n) is 29.7.